The molecule has 146 valence electrons. The van der Waals surface area contributed by atoms with Gasteiger partial charge in [-0.1, -0.05) is 23.7 Å². The molecule has 1 amide bonds. The zero-order valence-corrected chi connectivity index (χ0v) is 15.8. The number of aromatic nitrogens is 3. The van der Waals surface area contributed by atoms with E-state index in [1.54, 1.807) is 24.3 Å². The smallest absolute Gasteiger partial charge is 0.252 e. The van der Waals surface area contributed by atoms with Gasteiger partial charge in [-0.25, -0.2) is 8.78 Å². The molecule has 0 bridgehead atoms. The van der Waals surface area contributed by atoms with Crippen LogP contribution in [0.1, 0.15) is 15.9 Å². The van der Waals surface area contributed by atoms with Crippen molar-refractivity contribution >= 4 is 23.2 Å². The standard InChI is InChI=1S/C21H15ClF2N4O/c22-15-4-1-13(2-5-15)9-10-25-21(29)14-3-8-19-26-27-20(28(19)12-14)17-11-16(23)6-7-18(17)24/h1-8,11-12H,9-10H2,(H,25,29). The zero-order valence-electron chi connectivity index (χ0n) is 15.1. The minimum Gasteiger partial charge on any atom is -0.352 e. The number of halogens is 3. The van der Waals surface area contributed by atoms with Gasteiger partial charge in [0.1, 0.15) is 11.6 Å². The maximum atomic E-state index is 14.1. The first-order valence-electron chi connectivity index (χ1n) is 8.84. The zero-order chi connectivity index (χ0) is 20.4. The summed E-state index contributed by atoms with van der Waals surface area (Å²) in [6.07, 6.45) is 2.16. The molecule has 5 nitrogen and oxygen atoms in total. The molecule has 0 spiro atoms. The van der Waals surface area contributed by atoms with Crippen molar-refractivity contribution in [2.24, 2.45) is 0 Å². The van der Waals surface area contributed by atoms with E-state index in [4.69, 9.17) is 11.6 Å². The second kappa shape index (κ2) is 7.97. The Morgan fingerprint density at radius 1 is 1.03 bits per heavy atom. The molecule has 4 aromatic rings. The van der Waals surface area contributed by atoms with Gasteiger partial charge in [-0.3, -0.25) is 9.20 Å². The summed E-state index contributed by atoms with van der Waals surface area (Å²) in [4.78, 5) is 12.5. The molecule has 0 saturated carbocycles. The minimum atomic E-state index is -0.626. The third kappa shape index (κ3) is 4.09. The Morgan fingerprint density at radius 3 is 2.62 bits per heavy atom. The van der Waals surface area contributed by atoms with Crippen LogP contribution in [0, 0.1) is 11.6 Å². The molecule has 0 aliphatic heterocycles. The summed E-state index contributed by atoms with van der Waals surface area (Å²) in [5.74, 6) is -1.39. The molecule has 8 heteroatoms. The molecule has 0 atom stereocenters. The van der Waals surface area contributed by atoms with Gasteiger partial charge in [-0.2, -0.15) is 0 Å². The van der Waals surface area contributed by atoms with Gasteiger partial charge in [0.05, 0.1) is 11.1 Å². The van der Waals surface area contributed by atoms with Gasteiger partial charge in [-0.15, -0.1) is 10.2 Å². The van der Waals surface area contributed by atoms with Crippen LogP contribution in [-0.4, -0.2) is 27.0 Å². The van der Waals surface area contributed by atoms with Crippen molar-refractivity contribution in [3.63, 3.8) is 0 Å². The molecular weight excluding hydrogens is 398 g/mol. The lowest BCUT2D eigenvalue weighted by Gasteiger charge is -2.07. The van der Waals surface area contributed by atoms with E-state index in [0.717, 1.165) is 23.8 Å². The number of pyridine rings is 1. The Bertz CT molecular complexity index is 1190. The summed E-state index contributed by atoms with van der Waals surface area (Å²) in [5.41, 5.74) is 1.79. The molecule has 1 N–H and O–H groups in total. The number of hydrogen-bond donors (Lipinski definition) is 1. The monoisotopic (exact) mass is 412 g/mol. The number of carbonyl (C=O) groups is 1. The van der Waals surface area contributed by atoms with E-state index < -0.39 is 11.6 Å². The topological polar surface area (TPSA) is 59.3 Å². The molecule has 29 heavy (non-hydrogen) atoms. The molecule has 0 radical (unpaired) electrons. The van der Waals surface area contributed by atoms with Crippen LogP contribution in [0.2, 0.25) is 5.02 Å². The summed E-state index contributed by atoms with van der Waals surface area (Å²) < 4.78 is 29.2. The maximum Gasteiger partial charge on any atom is 0.252 e. The number of nitrogens with zero attached hydrogens (tertiary/aromatic N) is 3. The Balaban J connectivity index is 1.54. The van der Waals surface area contributed by atoms with Gasteiger partial charge in [-0.05, 0) is 54.4 Å². The van der Waals surface area contributed by atoms with Crippen LogP contribution in [0.25, 0.3) is 17.0 Å². The van der Waals surface area contributed by atoms with Gasteiger partial charge in [0.2, 0.25) is 0 Å². The molecule has 0 unspecified atom stereocenters. The number of amides is 1. The third-order valence-corrected chi connectivity index (χ3v) is 4.70. The first-order chi connectivity index (χ1) is 14.0. The fourth-order valence-corrected chi connectivity index (χ4v) is 3.08. The summed E-state index contributed by atoms with van der Waals surface area (Å²) in [6.45, 7) is 0.437. The molecule has 0 aliphatic rings. The molecule has 0 saturated heterocycles. The normalized spacial score (nSPS) is 11.0. The number of benzene rings is 2. The fourth-order valence-electron chi connectivity index (χ4n) is 2.95. The number of rotatable bonds is 5. The van der Waals surface area contributed by atoms with Crippen LogP contribution < -0.4 is 5.32 Å². The Kier molecular flexibility index (Phi) is 5.22. The molecule has 0 fully saturated rings. The molecule has 4 rings (SSSR count). The highest BCUT2D eigenvalue weighted by Crippen LogP contribution is 2.23. The fraction of sp³-hybridized carbons (Fsp3) is 0.0952. The average Bonchev–Trinajstić information content (AvgIpc) is 3.14. The molecule has 2 aromatic carbocycles. The van der Waals surface area contributed by atoms with E-state index in [-0.39, 0.29) is 17.3 Å². The van der Waals surface area contributed by atoms with Crippen molar-refractivity contribution in [1.82, 2.24) is 19.9 Å². The number of hydrogen-bond acceptors (Lipinski definition) is 3. The SMILES string of the molecule is O=C(NCCc1ccc(Cl)cc1)c1ccc2nnc(-c3cc(F)ccc3F)n2c1. The van der Waals surface area contributed by atoms with Crippen molar-refractivity contribution in [3.8, 4) is 11.4 Å². The first-order valence-corrected chi connectivity index (χ1v) is 9.22. The van der Waals surface area contributed by atoms with Crippen LogP contribution >= 0.6 is 11.6 Å². The summed E-state index contributed by atoms with van der Waals surface area (Å²) in [6, 6.07) is 13.7. The van der Waals surface area contributed by atoms with Gasteiger partial charge in [0.15, 0.2) is 11.5 Å². The van der Waals surface area contributed by atoms with Crippen molar-refractivity contribution < 1.29 is 13.6 Å². The van der Waals surface area contributed by atoms with E-state index in [1.165, 1.54) is 10.6 Å². The number of nitrogens with one attached hydrogen (secondary N) is 1. The van der Waals surface area contributed by atoms with Crippen molar-refractivity contribution in [2.45, 2.75) is 6.42 Å². The largest absolute Gasteiger partial charge is 0.352 e. The van der Waals surface area contributed by atoms with Crippen LogP contribution in [0.4, 0.5) is 8.78 Å². The predicted molar refractivity (Wildman–Crippen MR) is 106 cm³/mol. The number of carbonyl (C=O) groups excluding carboxylic acids is 1. The minimum absolute atomic E-state index is 0.0298. The second-order valence-electron chi connectivity index (χ2n) is 6.43. The van der Waals surface area contributed by atoms with Crippen molar-refractivity contribution in [3.05, 3.63) is 88.6 Å². The van der Waals surface area contributed by atoms with Crippen LogP contribution in [-0.2, 0) is 6.42 Å². The quantitative estimate of drug-likeness (QED) is 0.531. The lowest BCUT2D eigenvalue weighted by molar-refractivity contribution is 0.0953. The molecule has 2 aromatic heterocycles. The van der Waals surface area contributed by atoms with E-state index >= 15 is 0 Å². The highest BCUT2D eigenvalue weighted by atomic mass is 35.5. The highest BCUT2D eigenvalue weighted by Gasteiger charge is 2.15. The van der Waals surface area contributed by atoms with Gasteiger partial charge in [0.25, 0.3) is 5.91 Å². The lowest BCUT2D eigenvalue weighted by atomic mass is 10.1. The van der Waals surface area contributed by atoms with Crippen LogP contribution in [0.3, 0.4) is 0 Å². The predicted octanol–water partition coefficient (Wildman–Crippen LogP) is 4.30. The van der Waals surface area contributed by atoms with Gasteiger partial charge in [0, 0.05) is 17.8 Å². The van der Waals surface area contributed by atoms with Crippen molar-refractivity contribution in [2.75, 3.05) is 6.54 Å². The Morgan fingerprint density at radius 2 is 1.83 bits per heavy atom. The van der Waals surface area contributed by atoms with E-state index in [9.17, 15) is 13.6 Å². The van der Waals surface area contributed by atoms with Gasteiger partial charge >= 0.3 is 0 Å². The molecule has 2 heterocycles. The van der Waals surface area contributed by atoms with Gasteiger partial charge < -0.3 is 5.32 Å². The summed E-state index contributed by atoms with van der Waals surface area (Å²) >= 11 is 5.86. The van der Waals surface area contributed by atoms with E-state index in [2.05, 4.69) is 15.5 Å². The highest BCUT2D eigenvalue weighted by molar-refractivity contribution is 6.30. The average molecular weight is 413 g/mol. The second-order valence-corrected chi connectivity index (χ2v) is 6.86. The van der Waals surface area contributed by atoms with E-state index in [1.807, 2.05) is 12.1 Å². The first kappa shape index (κ1) is 19.0. The molecule has 0 aliphatic carbocycles. The third-order valence-electron chi connectivity index (χ3n) is 4.45. The van der Waals surface area contributed by atoms with Crippen LogP contribution in [0.15, 0.2) is 60.8 Å². The Labute approximate surface area is 170 Å². The number of fused-ring (bicyclic) bond motifs is 1. The summed E-state index contributed by atoms with van der Waals surface area (Å²) in [5, 5.41) is 11.4. The van der Waals surface area contributed by atoms with Crippen LogP contribution in [0.5, 0.6) is 0 Å². The van der Waals surface area contributed by atoms with E-state index in [0.29, 0.717) is 29.2 Å². The Hall–Kier alpha value is -3.32. The maximum absolute atomic E-state index is 14.1. The molecular formula is C21H15ClF2N4O. The lowest BCUT2D eigenvalue weighted by Crippen LogP contribution is -2.25. The van der Waals surface area contributed by atoms with Crippen molar-refractivity contribution in [1.29, 1.82) is 0 Å². The summed E-state index contributed by atoms with van der Waals surface area (Å²) in [7, 11) is 0.